The van der Waals surface area contributed by atoms with Crippen LogP contribution in [0.2, 0.25) is 10.0 Å². The summed E-state index contributed by atoms with van der Waals surface area (Å²) in [7, 11) is 1.61. The number of oxazole rings is 1. The number of piperazine rings is 1. The monoisotopic (exact) mass is 482 g/mol. The lowest BCUT2D eigenvalue weighted by atomic mass is 10.1. The molecule has 4 rings (SSSR count). The summed E-state index contributed by atoms with van der Waals surface area (Å²) in [5.74, 6) is 1.32. The fourth-order valence-corrected chi connectivity index (χ4v) is 4.03. The first-order valence-corrected chi connectivity index (χ1v) is 11.0. The van der Waals surface area contributed by atoms with Gasteiger partial charge in [0.1, 0.15) is 11.8 Å². The van der Waals surface area contributed by atoms with Gasteiger partial charge in [0.2, 0.25) is 17.5 Å². The van der Waals surface area contributed by atoms with E-state index in [1.807, 2.05) is 35.2 Å². The van der Waals surface area contributed by atoms with Gasteiger partial charge < -0.3 is 19.0 Å². The highest BCUT2D eigenvalue weighted by Gasteiger charge is 2.27. The average Bonchev–Trinajstić information content (AvgIpc) is 3.26. The maximum absolute atomic E-state index is 12.8. The largest absolute Gasteiger partial charge is 0.497 e. The summed E-state index contributed by atoms with van der Waals surface area (Å²) in [4.78, 5) is 20.8. The molecule has 1 aromatic heterocycles. The van der Waals surface area contributed by atoms with Crippen LogP contribution in [0.4, 0.5) is 5.88 Å². The number of carbonyl (C=O) groups excluding carboxylic acids is 1. The molecule has 0 atom stereocenters. The first-order valence-electron chi connectivity index (χ1n) is 10.2. The second kappa shape index (κ2) is 9.99. The summed E-state index contributed by atoms with van der Waals surface area (Å²) in [5, 5.41) is 10.3. The second-order valence-corrected chi connectivity index (χ2v) is 8.17. The van der Waals surface area contributed by atoms with Gasteiger partial charge in [-0.3, -0.25) is 4.79 Å². The number of aromatic nitrogens is 1. The van der Waals surface area contributed by atoms with Crippen molar-refractivity contribution >= 4 is 47.1 Å². The number of nitriles is 1. The predicted octanol–water partition coefficient (Wildman–Crippen LogP) is 4.99. The molecule has 7 nitrogen and oxygen atoms in total. The molecule has 0 unspecified atom stereocenters. The van der Waals surface area contributed by atoms with E-state index in [0.717, 1.165) is 11.3 Å². The Bertz CT molecular complexity index is 1240. The molecule has 1 aliphatic rings. The quantitative estimate of drug-likeness (QED) is 0.508. The van der Waals surface area contributed by atoms with Crippen LogP contribution in [0.5, 0.6) is 5.75 Å². The molecule has 2 heterocycles. The van der Waals surface area contributed by atoms with Gasteiger partial charge in [0.15, 0.2) is 0 Å². The van der Waals surface area contributed by atoms with E-state index < -0.39 is 0 Å². The van der Waals surface area contributed by atoms with Crippen LogP contribution >= 0.6 is 23.2 Å². The van der Waals surface area contributed by atoms with Crippen molar-refractivity contribution in [2.24, 2.45) is 0 Å². The minimum Gasteiger partial charge on any atom is -0.497 e. The number of rotatable bonds is 5. The van der Waals surface area contributed by atoms with Crippen LogP contribution in [0.25, 0.3) is 12.2 Å². The number of hydrogen-bond acceptors (Lipinski definition) is 6. The Morgan fingerprint density at radius 3 is 2.64 bits per heavy atom. The van der Waals surface area contributed by atoms with E-state index >= 15 is 0 Å². The van der Waals surface area contributed by atoms with Crippen molar-refractivity contribution in [3.05, 3.63) is 75.2 Å². The Hall–Kier alpha value is -3.47. The summed E-state index contributed by atoms with van der Waals surface area (Å²) in [6.45, 7) is 1.91. The van der Waals surface area contributed by atoms with E-state index in [9.17, 15) is 10.1 Å². The topological polar surface area (TPSA) is 82.6 Å². The molecule has 0 aliphatic carbocycles. The van der Waals surface area contributed by atoms with Gasteiger partial charge in [0.25, 0.3) is 5.91 Å². The maximum Gasteiger partial charge on any atom is 0.255 e. The predicted molar refractivity (Wildman–Crippen MR) is 128 cm³/mol. The van der Waals surface area contributed by atoms with Crippen LogP contribution < -0.4 is 9.64 Å². The molecule has 33 heavy (non-hydrogen) atoms. The van der Waals surface area contributed by atoms with Crippen molar-refractivity contribution in [2.45, 2.75) is 0 Å². The van der Waals surface area contributed by atoms with Gasteiger partial charge >= 0.3 is 0 Å². The van der Waals surface area contributed by atoms with Crippen LogP contribution in [0, 0.1) is 11.3 Å². The van der Waals surface area contributed by atoms with Gasteiger partial charge in [-0.15, -0.1) is 0 Å². The van der Waals surface area contributed by atoms with E-state index in [4.69, 9.17) is 32.4 Å². The zero-order chi connectivity index (χ0) is 23.4. The molecule has 0 spiro atoms. The molecule has 0 radical (unpaired) electrons. The fraction of sp³-hybridized carbons (Fsp3) is 0.208. The third-order valence-corrected chi connectivity index (χ3v) is 5.81. The normalized spacial score (nSPS) is 13.9. The third kappa shape index (κ3) is 5.14. The Morgan fingerprint density at radius 2 is 1.94 bits per heavy atom. The van der Waals surface area contributed by atoms with Gasteiger partial charge in [0.05, 0.1) is 17.7 Å². The lowest BCUT2D eigenvalue weighted by Gasteiger charge is -2.34. The summed E-state index contributed by atoms with van der Waals surface area (Å²) >= 11 is 12.1. The standard InChI is InChI=1S/C24H20Cl2N4O3/c1-32-18-4-2-3-16(13-18)5-8-22-28-21(15-27)24(33-22)30-11-9-29(10-12-30)23(31)19-7-6-17(25)14-20(19)26/h2-8,13-14H,9-12H2,1H3/b8-5+. The van der Waals surface area contributed by atoms with Crippen molar-refractivity contribution in [1.82, 2.24) is 9.88 Å². The van der Waals surface area contributed by atoms with Crippen molar-refractivity contribution in [2.75, 3.05) is 38.2 Å². The molecule has 0 saturated carbocycles. The number of benzene rings is 2. The first kappa shape index (κ1) is 22.7. The zero-order valence-electron chi connectivity index (χ0n) is 17.8. The summed E-state index contributed by atoms with van der Waals surface area (Å²) in [5.41, 5.74) is 1.54. The maximum atomic E-state index is 12.8. The van der Waals surface area contributed by atoms with Crippen LogP contribution in [-0.2, 0) is 0 Å². The van der Waals surface area contributed by atoms with Gasteiger partial charge in [-0.1, -0.05) is 35.3 Å². The van der Waals surface area contributed by atoms with E-state index in [-0.39, 0.29) is 11.6 Å². The van der Waals surface area contributed by atoms with Crippen LogP contribution in [0.1, 0.15) is 27.5 Å². The molecule has 3 aromatic rings. The minimum absolute atomic E-state index is 0.156. The van der Waals surface area contributed by atoms with Gasteiger partial charge in [-0.05, 0) is 42.0 Å². The molecule has 0 N–H and O–H groups in total. The molecule has 1 amide bonds. The molecule has 0 bridgehead atoms. The number of ether oxygens (including phenoxy) is 1. The average molecular weight is 483 g/mol. The number of amides is 1. The lowest BCUT2D eigenvalue weighted by Crippen LogP contribution is -2.49. The number of methoxy groups -OCH3 is 1. The smallest absolute Gasteiger partial charge is 0.255 e. The zero-order valence-corrected chi connectivity index (χ0v) is 19.3. The number of nitrogens with zero attached hydrogens (tertiary/aromatic N) is 4. The second-order valence-electron chi connectivity index (χ2n) is 7.33. The van der Waals surface area contributed by atoms with Crippen molar-refractivity contribution in [3.63, 3.8) is 0 Å². The van der Waals surface area contributed by atoms with E-state index in [1.54, 1.807) is 36.3 Å². The molecule has 168 valence electrons. The third-order valence-electron chi connectivity index (χ3n) is 5.26. The minimum atomic E-state index is -0.156. The lowest BCUT2D eigenvalue weighted by molar-refractivity contribution is 0.0745. The molecule has 9 heteroatoms. The van der Waals surface area contributed by atoms with Gasteiger partial charge in [0, 0.05) is 37.3 Å². The van der Waals surface area contributed by atoms with Crippen molar-refractivity contribution < 1.29 is 13.9 Å². The fourth-order valence-electron chi connectivity index (χ4n) is 3.55. The van der Waals surface area contributed by atoms with Crippen molar-refractivity contribution in [1.29, 1.82) is 5.26 Å². The van der Waals surface area contributed by atoms with Crippen LogP contribution in [-0.4, -0.2) is 49.1 Å². The number of anilines is 1. The highest BCUT2D eigenvalue weighted by Crippen LogP contribution is 2.26. The summed E-state index contributed by atoms with van der Waals surface area (Å²) in [6.07, 6.45) is 3.55. The Morgan fingerprint density at radius 1 is 1.15 bits per heavy atom. The molecule has 2 aromatic carbocycles. The summed E-state index contributed by atoms with van der Waals surface area (Å²) < 4.78 is 11.1. The van der Waals surface area contributed by atoms with E-state index in [2.05, 4.69) is 11.1 Å². The number of halogens is 2. The van der Waals surface area contributed by atoms with Crippen molar-refractivity contribution in [3.8, 4) is 11.8 Å². The number of carbonyl (C=O) groups is 1. The molecular weight excluding hydrogens is 463 g/mol. The Labute approximate surface area is 201 Å². The molecule has 1 aliphatic heterocycles. The van der Waals surface area contributed by atoms with Gasteiger partial charge in [-0.2, -0.15) is 10.2 Å². The number of hydrogen-bond donors (Lipinski definition) is 0. The van der Waals surface area contributed by atoms with Crippen LogP contribution in [0.15, 0.2) is 46.9 Å². The molecule has 1 fully saturated rings. The van der Waals surface area contributed by atoms with E-state index in [1.165, 1.54) is 0 Å². The Kier molecular flexibility index (Phi) is 6.87. The molecular formula is C24H20Cl2N4O3. The first-order chi connectivity index (χ1) is 16.0. The van der Waals surface area contributed by atoms with Gasteiger partial charge in [-0.25, -0.2) is 0 Å². The van der Waals surface area contributed by atoms with Crippen LogP contribution in [0.3, 0.4) is 0 Å². The highest BCUT2D eigenvalue weighted by atomic mass is 35.5. The molecule has 1 saturated heterocycles. The summed E-state index contributed by atoms with van der Waals surface area (Å²) in [6, 6.07) is 14.5. The van der Waals surface area contributed by atoms with E-state index in [0.29, 0.717) is 53.6 Å². The highest BCUT2D eigenvalue weighted by molar-refractivity contribution is 6.36. The Balaban J connectivity index is 1.45. The SMILES string of the molecule is COc1cccc(/C=C/c2nc(C#N)c(N3CCN(C(=O)c4ccc(Cl)cc4Cl)CC3)o2)c1.